The van der Waals surface area contributed by atoms with Gasteiger partial charge in [0, 0.05) is 22.2 Å². The lowest BCUT2D eigenvalue weighted by atomic mass is 10.1. The van der Waals surface area contributed by atoms with Crippen molar-refractivity contribution >= 4 is 50.2 Å². The molecule has 0 radical (unpaired) electrons. The quantitative estimate of drug-likeness (QED) is 0.210. The summed E-state index contributed by atoms with van der Waals surface area (Å²) in [5.41, 5.74) is 6.52. The zero-order valence-corrected chi connectivity index (χ0v) is 20.8. The van der Waals surface area contributed by atoms with Crippen LogP contribution >= 0.6 is 27.3 Å². The molecule has 0 saturated heterocycles. The average Bonchev–Trinajstić information content (AvgIpc) is 3.32. The minimum Gasteiger partial charge on any atom is -0.493 e. The van der Waals surface area contributed by atoms with Gasteiger partial charge in [-0.3, -0.25) is 4.79 Å². The average molecular weight is 537 g/mol. The van der Waals surface area contributed by atoms with Crippen molar-refractivity contribution in [3.05, 3.63) is 87.7 Å². The molecular weight excluding hydrogens is 516 g/mol. The van der Waals surface area contributed by atoms with E-state index in [2.05, 4.69) is 36.8 Å². The molecule has 9 heteroatoms. The molecule has 4 rings (SSSR count). The molecular formula is C25H21BrN4O3S. The smallest absolute Gasteiger partial charge is 0.271 e. The number of carbonyl (C=O) groups is 1. The molecule has 3 aromatic carbocycles. The first kappa shape index (κ1) is 23.5. The van der Waals surface area contributed by atoms with E-state index in [9.17, 15) is 4.79 Å². The normalized spacial score (nSPS) is 10.8. The summed E-state index contributed by atoms with van der Waals surface area (Å²) in [5, 5.41) is 10.1. The third-order valence-electron chi connectivity index (χ3n) is 4.81. The standard InChI is InChI=1S/C25H21BrN4O3S/c1-32-22-13-16(12-20(26)23(22)33-2)14-27-30-24(31)18-10-8-17(9-11-18)21-15-34-25(29-21)28-19-6-4-3-5-7-19/h3-15H,1-2H3,(H,28,29)(H,30,31)/b27-14-. The molecule has 7 nitrogen and oxygen atoms in total. The maximum Gasteiger partial charge on any atom is 0.271 e. The van der Waals surface area contributed by atoms with Gasteiger partial charge in [0.25, 0.3) is 5.91 Å². The molecule has 0 aliphatic heterocycles. The summed E-state index contributed by atoms with van der Waals surface area (Å²) in [5.74, 6) is 0.836. The number of rotatable bonds is 8. The van der Waals surface area contributed by atoms with Crippen molar-refractivity contribution < 1.29 is 14.3 Å². The first-order chi connectivity index (χ1) is 16.6. The van der Waals surface area contributed by atoms with Crippen LogP contribution in [0.15, 0.2) is 81.7 Å². The summed E-state index contributed by atoms with van der Waals surface area (Å²) in [4.78, 5) is 17.1. The summed E-state index contributed by atoms with van der Waals surface area (Å²) in [6, 6.07) is 20.7. The minimum atomic E-state index is -0.313. The third kappa shape index (κ3) is 5.62. The van der Waals surface area contributed by atoms with Crippen molar-refractivity contribution in [2.75, 3.05) is 19.5 Å². The molecule has 1 amide bonds. The van der Waals surface area contributed by atoms with Crippen molar-refractivity contribution in [3.63, 3.8) is 0 Å². The third-order valence-corrected chi connectivity index (χ3v) is 6.15. The maximum absolute atomic E-state index is 12.5. The molecule has 172 valence electrons. The Labute approximate surface area is 209 Å². The van der Waals surface area contributed by atoms with Gasteiger partial charge in [-0.25, -0.2) is 10.4 Å². The number of halogens is 1. The highest BCUT2D eigenvalue weighted by molar-refractivity contribution is 9.10. The van der Waals surface area contributed by atoms with Crippen LogP contribution in [-0.2, 0) is 0 Å². The second-order valence-corrected chi connectivity index (χ2v) is 8.76. The van der Waals surface area contributed by atoms with Crippen LogP contribution in [0.25, 0.3) is 11.3 Å². The molecule has 0 aliphatic carbocycles. The van der Waals surface area contributed by atoms with Gasteiger partial charge < -0.3 is 14.8 Å². The topological polar surface area (TPSA) is 84.8 Å². The Kier molecular flexibility index (Phi) is 7.56. The van der Waals surface area contributed by atoms with E-state index in [4.69, 9.17) is 9.47 Å². The second kappa shape index (κ2) is 11.0. The van der Waals surface area contributed by atoms with Gasteiger partial charge in [-0.15, -0.1) is 11.3 Å². The SMILES string of the molecule is COc1cc(/C=N\NC(=O)c2ccc(-c3csc(Nc4ccccc4)n3)cc2)cc(Br)c1OC. The number of para-hydroxylation sites is 1. The molecule has 4 aromatic rings. The van der Waals surface area contributed by atoms with Crippen LogP contribution < -0.4 is 20.2 Å². The molecule has 0 atom stereocenters. The monoisotopic (exact) mass is 536 g/mol. The number of hydrogen-bond donors (Lipinski definition) is 2. The number of aromatic nitrogens is 1. The van der Waals surface area contributed by atoms with Crippen molar-refractivity contribution in [2.24, 2.45) is 5.10 Å². The van der Waals surface area contributed by atoms with Gasteiger partial charge in [-0.05, 0) is 57.9 Å². The highest BCUT2D eigenvalue weighted by Crippen LogP contribution is 2.35. The number of ether oxygens (including phenoxy) is 2. The lowest BCUT2D eigenvalue weighted by molar-refractivity contribution is 0.0955. The zero-order chi connectivity index (χ0) is 23.9. The van der Waals surface area contributed by atoms with E-state index in [1.54, 1.807) is 32.4 Å². The van der Waals surface area contributed by atoms with E-state index in [1.807, 2.05) is 53.9 Å². The first-order valence-corrected chi connectivity index (χ1v) is 11.9. The second-order valence-electron chi connectivity index (χ2n) is 7.04. The number of amides is 1. The molecule has 1 heterocycles. The van der Waals surface area contributed by atoms with Gasteiger partial charge in [0.1, 0.15) is 0 Å². The van der Waals surface area contributed by atoms with Gasteiger partial charge in [-0.1, -0.05) is 30.3 Å². The van der Waals surface area contributed by atoms with Crippen molar-refractivity contribution in [2.45, 2.75) is 0 Å². The number of nitrogens with zero attached hydrogens (tertiary/aromatic N) is 2. The number of methoxy groups -OCH3 is 2. The summed E-state index contributed by atoms with van der Waals surface area (Å²) in [6.07, 6.45) is 1.54. The van der Waals surface area contributed by atoms with Crippen molar-refractivity contribution in [1.82, 2.24) is 10.4 Å². The Morgan fingerprint density at radius 1 is 1.06 bits per heavy atom. The number of hydrogen-bond acceptors (Lipinski definition) is 7. The Morgan fingerprint density at radius 3 is 2.53 bits per heavy atom. The number of anilines is 2. The van der Waals surface area contributed by atoms with Gasteiger partial charge >= 0.3 is 0 Å². The predicted octanol–water partition coefficient (Wildman–Crippen LogP) is 6.10. The van der Waals surface area contributed by atoms with Crippen LogP contribution in [-0.4, -0.2) is 31.3 Å². The summed E-state index contributed by atoms with van der Waals surface area (Å²) in [7, 11) is 3.12. The molecule has 2 N–H and O–H groups in total. The maximum atomic E-state index is 12.5. The molecule has 1 aromatic heterocycles. The Hall–Kier alpha value is -3.69. The molecule has 0 aliphatic rings. The fourth-order valence-electron chi connectivity index (χ4n) is 3.14. The van der Waals surface area contributed by atoms with E-state index in [0.29, 0.717) is 17.1 Å². The van der Waals surface area contributed by atoms with E-state index in [1.165, 1.54) is 17.6 Å². The van der Waals surface area contributed by atoms with Crippen LogP contribution in [0, 0.1) is 0 Å². The zero-order valence-electron chi connectivity index (χ0n) is 18.4. The highest BCUT2D eigenvalue weighted by atomic mass is 79.9. The van der Waals surface area contributed by atoms with Crippen LogP contribution in [0.1, 0.15) is 15.9 Å². The van der Waals surface area contributed by atoms with E-state index in [-0.39, 0.29) is 5.91 Å². The number of carbonyl (C=O) groups excluding carboxylic acids is 1. The predicted molar refractivity (Wildman–Crippen MR) is 140 cm³/mol. The number of thiazole rings is 1. The van der Waals surface area contributed by atoms with Crippen molar-refractivity contribution in [3.8, 4) is 22.8 Å². The number of benzene rings is 3. The largest absolute Gasteiger partial charge is 0.493 e. The molecule has 0 unspecified atom stereocenters. The van der Waals surface area contributed by atoms with Crippen LogP contribution in [0.4, 0.5) is 10.8 Å². The van der Waals surface area contributed by atoms with E-state index < -0.39 is 0 Å². The lowest BCUT2D eigenvalue weighted by Crippen LogP contribution is -2.17. The summed E-state index contributed by atoms with van der Waals surface area (Å²) in [6.45, 7) is 0. The molecule has 0 saturated carbocycles. The van der Waals surface area contributed by atoms with Gasteiger partial charge in [0.05, 0.1) is 30.6 Å². The molecule has 0 bridgehead atoms. The van der Waals surface area contributed by atoms with Crippen LogP contribution in [0.5, 0.6) is 11.5 Å². The number of nitrogens with one attached hydrogen (secondary N) is 2. The highest BCUT2D eigenvalue weighted by Gasteiger charge is 2.10. The van der Waals surface area contributed by atoms with Gasteiger partial charge in [-0.2, -0.15) is 5.10 Å². The van der Waals surface area contributed by atoms with Gasteiger partial charge in [0.15, 0.2) is 16.6 Å². The van der Waals surface area contributed by atoms with Gasteiger partial charge in [0.2, 0.25) is 0 Å². The Morgan fingerprint density at radius 2 is 1.82 bits per heavy atom. The summed E-state index contributed by atoms with van der Waals surface area (Å²) >= 11 is 4.96. The molecule has 34 heavy (non-hydrogen) atoms. The molecule has 0 fully saturated rings. The first-order valence-electron chi connectivity index (χ1n) is 10.2. The fraction of sp³-hybridized carbons (Fsp3) is 0.0800. The van der Waals surface area contributed by atoms with Crippen LogP contribution in [0.3, 0.4) is 0 Å². The number of hydrazone groups is 1. The Balaban J connectivity index is 1.39. The van der Waals surface area contributed by atoms with Crippen LogP contribution in [0.2, 0.25) is 0 Å². The van der Waals surface area contributed by atoms with E-state index >= 15 is 0 Å². The minimum absolute atomic E-state index is 0.313. The Bertz CT molecular complexity index is 1310. The summed E-state index contributed by atoms with van der Waals surface area (Å²) < 4.78 is 11.3. The fourth-order valence-corrected chi connectivity index (χ4v) is 4.50. The van der Waals surface area contributed by atoms with Crippen molar-refractivity contribution in [1.29, 1.82) is 0 Å². The molecule has 0 spiro atoms. The van der Waals surface area contributed by atoms with E-state index in [0.717, 1.165) is 32.1 Å². The lowest BCUT2D eigenvalue weighted by Gasteiger charge is -2.10.